The number of carbonyl (C=O) groups excluding carboxylic acids is 1. The summed E-state index contributed by atoms with van der Waals surface area (Å²) >= 11 is 1.37. The number of aryl methyl sites for hydroxylation is 1. The molecular weight excluding hydrogens is 300 g/mol. The molecule has 1 aliphatic carbocycles. The number of carbonyl (C=O) groups is 1. The Labute approximate surface area is 135 Å². The fraction of sp³-hybridized carbons (Fsp3) is 0.800. The SMILES string of the molecule is CCc1nc(SCC(=O)N[C@H]2COC3(CCCCC3)C2)n[nH]1. The Balaban J connectivity index is 1.42. The van der Waals surface area contributed by atoms with Crippen LogP contribution in [-0.4, -0.2) is 45.1 Å². The van der Waals surface area contributed by atoms with E-state index >= 15 is 0 Å². The fourth-order valence-corrected chi connectivity index (χ4v) is 4.01. The van der Waals surface area contributed by atoms with Crippen LogP contribution in [0.3, 0.4) is 0 Å². The molecule has 2 N–H and O–H groups in total. The Hall–Kier alpha value is -1.08. The highest BCUT2D eigenvalue weighted by atomic mass is 32.2. The normalized spacial score (nSPS) is 23.8. The molecule has 0 bridgehead atoms. The number of H-pyrrole nitrogens is 1. The summed E-state index contributed by atoms with van der Waals surface area (Å²) in [6, 6.07) is 0.157. The summed E-state index contributed by atoms with van der Waals surface area (Å²) in [5.41, 5.74) is 0.0448. The summed E-state index contributed by atoms with van der Waals surface area (Å²) < 4.78 is 6.02. The van der Waals surface area contributed by atoms with Gasteiger partial charge in [0.15, 0.2) is 0 Å². The van der Waals surface area contributed by atoms with E-state index in [0.29, 0.717) is 17.5 Å². The molecule has 3 rings (SSSR count). The van der Waals surface area contributed by atoms with E-state index in [4.69, 9.17) is 4.74 Å². The van der Waals surface area contributed by atoms with Crippen molar-refractivity contribution < 1.29 is 9.53 Å². The molecule has 0 radical (unpaired) electrons. The number of aromatic amines is 1. The van der Waals surface area contributed by atoms with Gasteiger partial charge in [-0.15, -0.1) is 5.10 Å². The van der Waals surface area contributed by atoms with Crippen molar-refractivity contribution >= 4 is 17.7 Å². The van der Waals surface area contributed by atoms with Gasteiger partial charge in [0.05, 0.1) is 24.0 Å². The molecule has 6 nitrogen and oxygen atoms in total. The number of ether oxygens (including phenoxy) is 1. The van der Waals surface area contributed by atoms with Gasteiger partial charge in [0.2, 0.25) is 11.1 Å². The molecule has 22 heavy (non-hydrogen) atoms. The number of rotatable bonds is 5. The molecule has 0 aromatic carbocycles. The summed E-state index contributed by atoms with van der Waals surface area (Å²) in [5, 5.41) is 10.7. The second-order valence-electron chi connectivity index (χ2n) is 6.23. The minimum Gasteiger partial charge on any atom is -0.373 e. The third-order valence-electron chi connectivity index (χ3n) is 4.52. The molecule has 2 heterocycles. The summed E-state index contributed by atoms with van der Waals surface area (Å²) in [4.78, 5) is 16.4. The molecule has 0 unspecified atom stereocenters. The Morgan fingerprint density at radius 2 is 2.27 bits per heavy atom. The highest BCUT2D eigenvalue weighted by Crippen LogP contribution is 2.39. The lowest BCUT2D eigenvalue weighted by Gasteiger charge is -2.32. The van der Waals surface area contributed by atoms with Crippen molar-refractivity contribution in [1.29, 1.82) is 0 Å². The molecule has 122 valence electrons. The van der Waals surface area contributed by atoms with Crippen molar-refractivity contribution in [3.8, 4) is 0 Å². The first-order chi connectivity index (χ1) is 10.7. The van der Waals surface area contributed by atoms with Crippen LogP contribution in [-0.2, 0) is 16.0 Å². The van der Waals surface area contributed by atoms with Crippen molar-refractivity contribution in [1.82, 2.24) is 20.5 Å². The van der Waals surface area contributed by atoms with Gasteiger partial charge in [-0.05, 0) is 19.3 Å². The van der Waals surface area contributed by atoms with E-state index in [2.05, 4.69) is 20.5 Å². The number of amides is 1. The van der Waals surface area contributed by atoms with E-state index in [1.165, 1.54) is 31.0 Å². The predicted molar refractivity (Wildman–Crippen MR) is 84.8 cm³/mol. The smallest absolute Gasteiger partial charge is 0.230 e. The minimum absolute atomic E-state index is 0.0364. The third-order valence-corrected chi connectivity index (χ3v) is 5.36. The number of nitrogens with one attached hydrogen (secondary N) is 2. The van der Waals surface area contributed by atoms with E-state index < -0.39 is 0 Å². The van der Waals surface area contributed by atoms with Gasteiger partial charge in [0, 0.05) is 6.42 Å². The number of nitrogens with zero attached hydrogens (tertiary/aromatic N) is 2. The lowest BCUT2D eigenvalue weighted by molar-refractivity contribution is -0.119. The van der Waals surface area contributed by atoms with Gasteiger partial charge in [0.1, 0.15) is 5.82 Å². The lowest BCUT2D eigenvalue weighted by Crippen LogP contribution is -2.38. The maximum Gasteiger partial charge on any atom is 0.230 e. The molecule has 7 heteroatoms. The van der Waals surface area contributed by atoms with Crippen LogP contribution in [0.4, 0.5) is 0 Å². The van der Waals surface area contributed by atoms with Crippen molar-refractivity contribution in [2.75, 3.05) is 12.4 Å². The van der Waals surface area contributed by atoms with E-state index in [9.17, 15) is 4.79 Å². The fourth-order valence-electron chi connectivity index (χ4n) is 3.38. The van der Waals surface area contributed by atoms with Gasteiger partial charge in [-0.1, -0.05) is 37.9 Å². The average molecular weight is 324 g/mol. The zero-order valence-electron chi connectivity index (χ0n) is 13.1. The van der Waals surface area contributed by atoms with Crippen molar-refractivity contribution in [3.05, 3.63) is 5.82 Å². The Morgan fingerprint density at radius 1 is 1.45 bits per heavy atom. The van der Waals surface area contributed by atoms with Crippen LogP contribution in [0.15, 0.2) is 5.16 Å². The monoisotopic (exact) mass is 324 g/mol. The summed E-state index contributed by atoms with van der Waals surface area (Å²) in [6.07, 6.45) is 7.89. The largest absolute Gasteiger partial charge is 0.373 e. The summed E-state index contributed by atoms with van der Waals surface area (Å²) in [7, 11) is 0. The maximum atomic E-state index is 12.1. The van der Waals surface area contributed by atoms with Crippen LogP contribution in [0.25, 0.3) is 0 Å². The van der Waals surface area contributed by atoms with Gasteiger partial charge in [-0.25, -0.2) is 4.98 Å². The first-order valence-corrected chi connectivity index (χ1v) is 9.15. The van der Waals surface area contributed by atoms with Crippen LogP contribution in [0.5, 0.6) is 0 Å². The molecule has 1 aromatic rings. The third kappa shape index (κ3) is 3.81. The molecule has 1 amide bonds. The van der Waals surface area contributed by atoms with Crippen LogP contribution in [0, 0.1) is 0 Å². The summed E-state index contributed by atoms with van der Waals surface area (Å²) in [6.45, 7) is 2.67. The number of thioether (sulfide) groups is 1. The standard InChI is InChI=1S/C15H24N4O2S/c1-2-12-17-14(19-18-12)22-10-13(20)16-11-8-15(21-9-11)6-4-3-5-7-15/h11H,2-10H2,1H3,(H,16,20)(H,17,18,19)/t11-/m1/s1. The highest BCUT2D eigenvalue weighted by molar-refractivity contribution is 7.99. The van der Waals surface area contributed by atoms with Crippen LogP contribution >= 0.6 is 11.8 Å². The van der Waals surface area contributed by atoms with Gasteiger partial charge in [-0.3, -0.25) is 9.89 Å². The number of aromatic nitrogens is 3. The minimum atomic E-state index is 0.0364. The Kier molecular flexibility index (Phi) is 5.03. The quantitative estimate of drug-likeness (QED) is 0.811. The van der Waals surface area contributed by atoms with Crippen molar-refractivity contribution in [2.24, 2.45) is 0 Å². The molecule has 1 aromatic heterocycles. The van der Waals surface area contributed by atoms with Gasteiger partial charge >= 0.3 is 0 Å². The zero-order chi connectivity index (χ0) is 15.4. The van der Waals surface area contributed by atoms with E-state index in [1.807, 2.05) is 6.92 Å². The number of hydrogen-bond donors (Lipinski definition) is 2. The van der Waals surface area contributed by atoms with Crippen LogP contribution < -0.4 is 5.32 Å². The lowest BCUT2D eigenvalue weighted by atomic mass is 9.82. The molecule has 1 saturated heterocycles. The molecule has 1 saturated carbocycles. The van der Waals surface area contributed by atoms with E-state index in [-0.39, 0.29) is 17.6 Å². The second-order valence-corrected chi connectivity index (χ2v) is 7.17. The maximum absolute atomic E-state index is 12.1. The molecule has 1 atom stereocenters. The van der Waals surface area contributed by atoms with Crippen molar-refractivity contribution in [2.45, 2.75) is 68.7 Å². The molecule has 2 fully saturated rings. The second kappa shape index (κ2) is 7.00. The number of hydrogen-bond acceptors (Lipinski definition) is 5. The Bertz CT molecular complexity index is 513. The van der Waals surface area contributed by atoms with E-state index in [1.54, 1.807) is 0 Å². The topological polar surface area (TPSA) is 79.9 Å². The zero-order valence-corrected chi connectivity index (χ0v) is 13.9. The summed E-state index contributed by atoms with van der Waals surface area (Å²) in [5.74, 6) is 1.24. The first kappa shape index (κ1) is 15.8. The molecule has 2 aliphatic rings. The van der Waals surface area contributed by atoms with Gasteiger partial charge in [0.25, 0.3) is 0 Å². The molecular formula is C15H24N4O2S. The molecule has 1 aliphatic heterocycles. The Morgan fingerprint density at radius 3 is 3.00 bits per heavy atom. The van der Waals surface area contributed by atoms with E-state index in [0.717, 1.165) is 31.5 Å². The van der Waals surface area contributed by atoms with Crippen LogP contribution in [0.1, 0.15) is 51.3 Å². The molecule has 1 spiro atoms. The predicted octanol–water partition coefficient (Wildman–Crippen LogP) is 2.07. The highest BCUT2D eigenvalue weighted by Gasteiger charge is 2.41. The van der Waals surface area contributed by atoms with Gasteiger partial charge < -0.3 is 10.1 Å². The van der Waals surface area contributed by atoms with Crippen LogP contribution in [0.2, 0.25) is 0 Å². The van der Waals surface area contributed by atoms with Crippen molar-refractivity contribution in [3.63, 3.8) is 0 Å². The van der Waals surface area contributed by atoms with Gasteiger partial charge in [-0.2, -0.15) is 0 Å². The first-order valence-electron chi connectivity index (χ1n) is 8.16. The average Bonchev–Trinajstić information content (AvgIpc) is 3.14.